The first kappa shape index (κ1) is 10.5. The molecule has 75 valence electrons. The van der Waals surface area contributed by atoms with Crippen molar-refractivity contribution in [3.8, 4) is 5.75 Å². The molecule has 0 aliphatic carbocycles. The number of benzene rings is 1. The number of hydrogen-bond donors (Lipinski definition) is 0. The molecule has 5 heteroatoms. The van der Waals surface area contributed by atoms with E-state index in [0.29, 0.717) is 19.0 Å². The third-order valence-corrected chi connectivity index (χ3v) is 1.52. The van der Waals surface area contributed by atoms with Gasteiger partial charge in [-0.1, -0.05) is 0 Å². The second-order valence-corrected chi connectivity index (χ2v) is 2.51. The molecule has 0 fully saturated rings. The molecule has 0 amide bonds. The van der Waals surface area contributed by atoms with Crippen LogP contribution in [0.1, 0.15) is 0 Å². The van der Waals surface area contributed by atoms with Gasteiger partial charge in [0.05, 0.1) is 11.5 Å². The van der Waals surface area contributed by atoms with Crippen molar-refractivity contribution in [3.63, 3.8) is 0 Å². The molecular formula is C9H10NO4. The van der Waals surface area contributed by atoms with Crippen molar-refractivity contribution in [2.75, 3.05) is 20.3 Å². The van der Waals surface area contributed by atoms with Gasteiger partial charge in [0.2, 0.25) is 0 Å². The van der Waals surface area contributed by atoms with E-state index in [1.54, 1.807) is 7.11 Å². The van der Waals surface area contributed by atoms with Crippen LogP contribution in [0.4, 0.5) is 5.69 Å². The lowest BCUT2D eigenvalue weighted by molar-refractivity contribution is -0.384. The van der Waals surface area contributed by atoms with E-state index in [1.165, 1.54) is 18.2 Å². The minimum absolute atomic E-state index is 0.00379. The van der Waals surface area contributed by atoms with Gasteiger partial charge in [-0.25, -0.2) is 0 Å². The first-order chi connectivity index (χ1) is 6.74. The second kappa shape index (κ2) is 5.18. The summed E-state index contributed by atoms with van der Waals surface area (Å²) in [5, 5.41) is 10.3. The van der Waals surface area contributed by atoms with Gasteiger partial charge in [0.1, 0.15) is 12.4 Å². The normalized spacial score (nSPS) is 9.79. The summed E-state index contributed by atoms with van der Waals surface area (Å²) >= 11 is 0. The smallest absolute Gasteiger partial charge is 0.270 e. The van der Waals surface area contributed by atoms with E-state index in [2.05, 4.69) is 6.07 Å². The minimum Gasteiger partial charge on any atom is -0.491 e. The average molecular weight is 196 g/mol. The van der Waals surface area contributed by atoms with Gasteiger partial charge in [-0.3, -0.25) is 10.1 Å². The summed E-state index contributed by atoms with van der Waals surface area (Å²) in [6.07, 6.45) is 0. The van der Waals surface area contributed by atoms with E-state index >= 15 is 0 Å². The fourth-order valence-corrected chi connectivity index (χ4v) is 0.841. The van der Waals surface area contributed by atoms with Crippen molar-refractivity contribution < 1.29 is 14.4 Å². The van der Waals surface area contributed by atoms with E-state index in [9.17, 15) is 10.1 Å². The lowest BCUT2D eigenvalue weighted by Gasteiger charge is -2.03. The van der Waals surface area contributed by atoms with Crippen LogP contribution in [-0.4, -0.2) is 25.2 Å². The van der Waals surface area contributed by atoms with Gasteiger partial charge < -0.3 is 9.47 Å². The lowest BCUT2D eigenvalue weighted by atomic mass is 10.3. The fraction of sp³-hybridized carbons (Fsp3) is 0.333. The summed E-state index contributed by atoms with van der Waals surface area (Å²) in [6.45, 7) is 0.885. The first-order valence-electron chi connectivity index (χ1n) is 4.02. The maximum absolute atomic E-state index is 10.3. The Kier molecular flexibility index (Phi) is 3.87. The van der Waals surface area contributed by atoms with Crippen LogP contribution in [0.5, 0.6) is 5.75 Å². The number of ether oxygens (including phenoxy) is 2. The highest BCUT2D eigenvalue weighted by atomic mass is 16.6. The number of hydrogen-bond acceptors (Lipinski definition) is 4. The quantitative estimate of drug-likeness (QED) is 0.406. The summed E-state index contributed by atoms with van der Waals surface area (Å²) in [5.74, 6) is 0.479. The minimum atomic E-state index is -0.477. The zero-order chi connectivity index (χ0) is 10.4. The second-order valence-electron chi connectivity index (χ2n) is 2.51. The molecule has 0 aromatic heterocycles. The predicted octanol–water partition coefficient (Wildman–Crippen LogP) is 1.42. The Bertz CT molecular complexity index is 296. The Balaban J connectivity index is 2.51. The van der Waals surface area contributed by atoms with Crippen molar-refractivity contribution in [2.45, 2.75) is 0 Å². The van der Waals surface area contributed by atoms with Crippen LogP contribution in [0.25, 0.3) is 0 Å². The number of nitrogens with zero attached hydrogens (tertiary/aromatic N) is 1. The fourth-order valence-electron chi connectivity index (χ4n) is 0.841. The Morgan fingerprint density at radius 2 is 2.29 bits per heavy atom. The van der Waals surface area contributed by atoms with Crippen LogP contribution < -0.4 is 4.74 Å². The van der Waals surface area contributed by atoms with E-state index in [1.807, 2.05) is 0 Å². The molecule has 0 saturated carbocycles. The average Bonchev–Trinajstić information content (AvgIpc) is 2.19. The molecule has 5 nitrogen and oxygen atoms in total. The molecule has 0 saturated heterocycles. The molecule has 1 rings (SSSR count). The number of non-ortho nitro benzene ring substituents is 1. The van der Waals surface area contributed by atoms with E-state index < -0.39 is 4.92 Å². The molecule has 0 unspecified atom stereocenters. The van der Waals surface area contributed by atoms with Crippen LogP contribution >= 0.6 is 0 Å². The van der Waals surface area contributed by atoms with Crippen LogP contribution in [0.15, 0.2) is 18.2 Å². The van der Waals surface area contributed by atoms with Crippen LogP contribution in [-0.2, 0) is 4.74 Å². The topological polar surface area (TPSA) is 61.6 Å². The van der Waals surface area contributed by atoms with Crippen LogP contribution in [0, 0.1) is 16.2 Å². The highest BCUT2D eigenvalue weighted by Gasteiger charge is 2.04. The summed E-state index contributed by atoms with van der Waals surface area (Å²) in [5.41, 5.74) is 0.00379. The number of methoxy groups -OCH3 is 1. The first-order valence-corrected chi connectivity index (χ1v) is 4.02. The monoisotopic (exact) mass is 196 g/mol. The predicted molar refractivity (Wildman–Crippen MR) is 49.3 cm³/mol. The largest absolute Gasteiger partial charge is 0.491 e. The molecule has 0 N–H and O–H groups in total. The highest BCUT2D eigenvalue weighted by Crippen LogP contribution is 2.16. The van der Waals surface area contributed by atoms with Gasteiger partial charge in [-0.2, -0.15) is 0 Å². The van der Waals surface area contributed by atoms with Gasteiger partial charge in [0.25, 0.3) is 5.69 Å². The molecule has 0 aliphatic heterocycles. The van der Waals surface area contributed by atoms with Crippen molar-refractivity contribution in [1.82, 2.24) is 0 Å². The van der Waals surface area contributed by atoms with Crippen molar-refractivity contribution >= 4 is 5.69 Å². The third-order valence-electron chi connectivity index (χ3n) is 1.52. The third kappa shape index (κ3) is 3.02. The maximum atomic E-state index is 10.3. The van der Waals surface area contributed by atoms with Crippen LogP contribution in [0.3, 0.4) is 0 Å². The Morgan fingerprint density at radius 1 is 1.50 bits per heavy atom. The van der Waals surface area contributed by atoms with Crippen molar-refractivity contribution in [2.24, 2.45) is 0 Å². The molecule has 0 heterocycles. The van der Waals surface area contributed by atoms with Gasteiger partial charge >= 0.3 is 0 Å². The molecule has 1 aromatic rings. The summed E-state index contributed by atoms with van der Waals surface area (Å²) < 4.78 is 9.96. The molecule has 1 radical (unpaired) electrons. The number of rotatable bonds is 5. The van der Waals surface area contributed by atoms with Crippen LogP contribution in [0.2, 0.25) is 0 Å². The van der Waals surface area contributed by atoms with Gasteiger partial charge in [-0.05, 0) is 6.07 Å². The molecule has 1 aromatic carbocycles. The van der Waals surface area contributed by atoms with Gasteiger partial charge in [-0.15, -0.1) is 0 Å². The molecule has 14 heavy (non-hydrogen) atoms. The zero-order valence-corrected chi connectivity index (χ0v) is 7.73. The van der Waals surface area contributed by atoms with E-state index in [-0.39, 0.29) is 5.69 Å². The highest BCUT2D eigenvalue weighted by molar-refractivity contribution is 5.34. The zero-order valence-electron chi connectivity index (χ0n) is 7.73. The Morgan fingerprint density at radius 3 is 2.79 bits per heavy atom. The Labute approximate surface area is 81.4 Å². The maximum Gasteiger partial charge on any atom is 0.270 e. The molecule has 0 bridgehead atoms. The summed E-state index contributed by atoms with van der Waals surface area (Å²) in [7, 11) is 1.57. The summed E-state index contributed by atoms with van der Waals surface area (Å²) in [4.78, 5) is 9.82. The molecular weight excluding hydrogens is 186 g/mol. The van der Waals surface area contributed by atoms with Gasteiger partial charge in [0, 0.05) is 25.3 Å². The summed E-state index contributed by atoms with van der Waals surface area (Å²) in [6, 6.07) is 6.82. The molecule has 0 atom stereocenters. The Hall–Kier alpha value is -1.62. The lowest BCUT2D eigenvalue weighted by Crippen LogP contribution is -2.04. The SMILES string of the molecule is COCCOc1[c]cc([N+](=O)[O-])cc1. The number of nitro benzene ring substituents is 1. The molecule has 0 aliphatic rings. The van der Waals surface area contributed by atoms with Crippen molar-refractivity contribution in [3.05, 3.63) is 34.4 Å². The van der Waals surface area contributed by atoms with E-state index in [4.69, 9.17) is 9.47 Å². The standard InChI is InChI=1S/C9H10NO4/c1-13-6-7-14-9-4-2-8(3-5-9)10(11)12/h2-4H,6-7H2,1H3. The van der Waals surface area contributed by atoms with Gasteiger partial charge in [0.15, 0.2) is 0 Å². The number of nitro groups is 1. The van der Waals surface area contributed by atoms with E-state index in [0.717, 1.165) is 0 Å². The molecule has 0 spiro atoms. The van der Waals surface area contributed by atoms with Crippen molar-refractivity contribution in [1.29, 1.82) is 0 Å².